The Labute approximate surface area is 205 Å². The van der Waals surface area contributed by atoms with Gasteiger partial charge in [-0.2, -0.15) is 0 Å². The van der Waals surface area contributed by atoms with Crippen LogP contribution in [-0.4, -0.2) is 40.6 Å². The van der Waals surface area contributed by atoms with Gasteiger partial charge in [0.2, 0.25) is 5.43 Å². The summed E-state index contributed by atoms with van der Waals surface area (Å²) in [6.45, 7) is 0.846. The van der Waals surface area contributed by atoms with Crippen molar-refractivity contribution in [2.24, 2.45) is 5.73 Å². The predicted molar refractivity (Wildman–Crippen MR) is 127 cm³/mol. The first-order valence-corrected chi connectivity index (χ1v) is 11.6. The average Bonchev–Trinajstić information content (AvgIpc) is 3.03. The Morgan fingerprint density at radius 2 is 1.81 bits per heavy atom. The van der Waals surface area contributed by atoms with Crippen molar-refractivity contribution in [2.75, 3.05) is 18.1 Å². The molecule has 2 bridgehead atoms. The highest BCUT2D eigenvalue weighted by Crippen LogP contribution is 2.30. The molecule has 3 heterocycles. The number of primary amides is 1. The second kappa shape index (κ2) is 9.44. The number of pyridine rings is 1. The third-order valence-corrected chi connectivity index (χ3v) is 6.54. The van der Waals surface area contributed by atoms with Gasteiger partial charge in [-0.05, 0) is 30.0 Å². The highest BCUT2D eigenvalue weighted by atomic mass is 19.1. The zero-order valence-corrected chi connectivity index (χ0v) is 19.3. The minimum Gasteiger partial charge on any atom is -0.482 e. The third-order valence-electron chi connectivity index (χ3n) is 6.54. The molecule has 2 aliphatic rings. The summed E-state index contributed by atoms with van der Waals surface area (Å²) in [5, 5.41) is 1.80. The van der Waals surface area contributed by atoms with Crippen LogP contribution < -0.4 is 20.9 Å². The number of aromatic nitrogens is 1. The Balaban J connectivity index is 1.62. The van der Waals surface area contributed by atoms with Gasteiger partial charge in [-0.3, -0.25) is 24.1 Å². The van der Waals surface area contributed by atoms with Crippen molar-refractivity contribution in [3.63, 3.8) is 0 Å². The number of hydrogen-bond donors (Lipinski definition) is 1. The summed E-state index contributed by atoms with van der Waals surface area (Å²) in [4.78, 5) is 40.7. The number of amides is 2. The van der Waals surface area contributed by atoms with E-state index in [1.807, 2.05) is 30.3 Å². The molecule has 0 spiro atoms. The first-order valence-electron chi connectivity index (χ1n) is 11.6. The van der Waals surface area contributed by atoms with Gasteiger partial charge in [0, 0.05) is 31.8 Å². The molecule has 0 radical (unpaired) electrons. The molecule has 0 saturated carbocycles. The standard InChI is InChI=1S/C26H24F2N4O4/c27-18-9-8-17(20(28)13-18)12-21-30-10-4-5-11-31(21)32-14-19(25(29)34)23(33)24(22(32)26(30)35)36-15-16-6-2-1-3-7-16/h1-3,6-9,13-14,21H,4-5,10-12,15H2,(H2,29,34). The van der Waals surface area contributed by atoms with E-state index in [4.69, 9.17) is 10.5 Å². The minimum atomic E-state index is -0.953. The topological polar surface area (TPSA) is 97.9 Å². The van der Waals surface area contributed by atoms with Gasteiger partial charge in [-0.1, -0.05) is 36.4 Å². The number of ether oxygens (including phenoxy) is 1. The van der Waals surface area contributed by atoms with Crippen molar-refractivity contribution >= 4 is 11.8 Å². The molecular formula is C26H24F2N4O4. The van der Waals surface area contributed by atoms with E-state index in [2.05, 4.69) is 0 Å². The maximum absolute atomic E-state index is 14.5. The van der Waals surface area contributed by atoms with Crippen LogP contribution in [0.4, 0.5) is 8.78 Å². The molecule has 1 saturated heterocycles. The lowest BCUT2D eigenvalue weighted by Crippen LogP contribution is -2.61. The SMILES string of the molecule is NC(=O)c1cn2c(c(OCc3ccccc3)c1=O)C(=O)N1CCCCN2C1Cc1ccc(F)cc1F. The summed E-state index contributed by atoms with van der Waals surface area (Å²) < 4.78 is 35.3. The fourth-order valence-corrected chi connectivity index (χ4v) is 4.75. The van der Waals surface area contributed by atoms with Crippen molar-refractivity contribution in [3.05, 3.63) is 99.0 Å². The molecule has 186 valence electrons. The molecular weight excluding hydrogens is 470 g/mol. The van der Waals surface area contributed by atoms with Crippen LogP contribution in [-0.2, 0) is 13.0 Å². The number of rotatable bonds is 6. The number of carbonyl (C=O) groups excluding carboxylic acids is 2. The zero-order valence-electron chi connectivity index (χ0n) is 19.3. The maximum atomic E-state index is 14.5. The van der Waals surface area contributed by atoms with Crippen molar-refractivity contribution in [3.8, 4) is 5.75 Å². The lowest BCUT2D eigenvalue weighted by Gasteiger charge is -2.45. The molecule has 0 aliphatic carbocycles. The second-order valence-corrected chi connectivity index (χ2v) is 8.82. The van der Waals surface area contributed by atoms with E-state index in [0.717, 1.165) is 11.6 Å². The van der Waals surface area contributed by atoms with Gasteiger partial charge in [0.05, 0.1) is 0 Å². The van der Waals surface area contributed by atoms with Gasteiger partial charge in [0.1, 0.15) is 30.0 Å². The van der Waals surface area contributed by atoms with Crippen LogP contribution in [0.3, 0.4) is 0 Å². The maximum Gasteiger partial charge on any atom is 0.278 e. The minimum absolute atomic E-state index is 0.00277. The molecule has 2 amide bonds. The van der Waals surface area contributed by atoms with E-state index >= 15 is 0 Å². The molecule has 5 rings (SSSR count). The lowest BCUT2D eigenvalue weighted by atomic mass is 10.1. The first kappa shape index (κ1) is 23.5. The summed E-state index contributed by atoms with van der Waals surface area (Å²) >= 11 is 0. The first-order chi connectivity index (χ1) is 17.3. The van der Waals surface area contributed by atoms with Gasteiger partial charge < -0.3 is 15.4 Å². The van der Waals surface area contributed by atoms with Crippen molar-refractivity contribution < 1.29 is 23.1 Å². The monoisotopic (exact) mass is 494 g/mol. The molecule has 2 aliphatic heterocycles. The summed E-state index contributed by atoms with van der Waals surface area (Å²) in [6.07, 6.45) is 2.10. The fourth-order valence-electron chi connectivity index (χ4n) is 4.75. The van der Waals surface area contributed by atoms with E-state index < -0.39 is 35.0 Å². The smallest absolute Gasteiger partial charge is 0.278 e. The number of nitrogens with zero attached hydrogens (tertiary/aromatic N) is 3. The summed E-state index contributed by atoms with van der Waals surface area (Å²) in [7, 11) is 0. The van der Waals surface area contributed by atoms with Crippen molar-refractivity contribution in [1.82, 2.24) is 9.58 Å². The normalized spacial score (nSPS) is 16.9. The van der Waals surface area contributed by atoms with Crippen LogP contribution in [0.2, 0.25) is 0 Å². The van der Waals surface area contributed by atoms with Crippen LogP contribution in [0.15, 0.2) is 59.5 Å². The van der Waals surface area contributed by atoms with Crippen LogP contribution in [0.25, 0.3) is 0 Å². The quantitative estimate of drug-likeness (QED) is 0.568. The van der Waals surface area contributed by atoms with E-state index in [0.29, 0.717) is 25.9 Å². The third kappa shape index (κ3) is 4.19. The van der Waals surface area contributed by atoms with E-state index in [1.54, 1.807) is 9.91 Å². The number of carbonyl (C=O) groups is 2. The molecule has 1 unspecified atom stereocenters. The zero-order chi connectivity index (χ0) is 25.4. The van der Waals surface area contributed by atoms with Crippen molar-refractivity contribution in [2.45, 2.75) is 32.0 Å². The largest absolute Gasteiger partial charge is 0.482 e. The molecule has 1 atom stereocenters. The number of benzene rings is 2. The second-order valence-electron chi connectivity index (χ2n) is 8.82. The molecule has 36 heavy (non-hydrogen) atoms. The predicted octanol–water partition coefficient (Wildman–Crippen LogP) is 2.56. The molecule has 2 aromatic carbocycles. The van der Waals surface area contributed by atoms with E-state index in [1.165, 1.54) is 23.0 Å². The van der Waals surface area contributed by atoms with Crippen molar-refractivity contribution in [1.29, 1.82) is 0 Å². The molecule has 3 aromatic rings. The molecule has 10 heteroatoms. The van der Waals surface area contributed by atoms with Crippen LogP contribution >= 0.6 is 0 Å². The Kier molecular flexibility index (Phi) is 6.17. The summed E-state index contributed by atoms with van der Waals surface area (Å²) in [5.74, 6) is -3.09. The Bertz CT molecular complexity index is 1390. The lowest BCUT2D eigenvalue weighted by molar-refractivity contribution is 0.0585. The Morgan fingerprint density at radius 3 is 2.53 bits per heavy atom. The number of fused-ring (bicyclic) bond motifs is 4. The average molecular weight is 494 g/mol. The highest BCUT2D eigenvalue weighted by molar-refractivity contribution is 5.99. The number of halogens is 2. The van der Waals surface area contributed by atoms with Crippen LogP contribution in [0, 0.1) is 11.6 Å². The Morgan fingerprint density at radius 1 is 1.06 bits per heavy atom. The molecule has 2 N–H and O–H groups in total. The van der Waals surface area contributed by atoms with E-state index in [9.17, 15) is 23.2 Å². The van der Waals surface area contributed by atoms with Gasteiger partial charge in [-0.25, -0.2) is 8.78 Å². The summed E-state index contributed by atoms with van der Waals surface area (Å²) in [6, 6.07) is 12.4. The van der Waals surface area contributed by atoms with Gasteiger partial charge in [-0.15, -0.1) is 0 Å². The fraction of sp³-hybridized carbons (Fsp3) is 0.269. The number of nitrogens with two attached hydrogens (primary N) is 1. The highest BCUT2D eigenvalue weighted by Gasteiger charge is 2.42. The van der Waals surface area contributed by atoms with Crippen LogP contribution in [0.5, 0.6) is 5.75 Å². The summed E-state index contributed by atoms with van der Waals surface area (Å²) in [5.41, 5.74) is 5.42. The van der Waals surface area contributed by atoms with E-state index in [-0.39, 0.29) is 35.6 Å². The van der Waals surface area contributed by atoms with Gasteiger partial charge in [0.15, 0.2) is 11.4 Å². The molecule has 1 aromatic heterocycles. The van der Waals surface area contributed by atoms with Gasteiger partial charge in [0.25, 0.3) is 11.8 Å². The van der Waals surface area contributed by atoms with Crippen LogP contribution in [0.1, 0.15) is 44.8 Å². The molecule has 1 fully saturated rings. The molecule has 8 nitrogen and oxygen atoms in total. The Hall–Kier alpha value is -4.21. The number of hydrogen-bond acceptors (Lipinski definition) is 5. The van der Waals surface area contributed by atoms with Gasteiger partial charge >= 0.3 is 0 Å².